The number of carbonyl (C=O) groups is 12. The number of H-pyrrole nitrogens is 1. The summed E-state index contributed by atoms with van der Waals surface area (Å²) >= 11 is 0. The molecule has 538 valence electrons. The molecule has 1 fully saturated rings. The van der Waals surface area contributed by atoms with Crippen molar-refractivity contribution in [2.75, 3.05) is 13.2 Å². The van der Waals surface area contributed by atoms with Crippen LogP contribution in [0.25, 0.3) is 11.3 Å². The zero-order valence-corrected chi connectivity index (χ0v) is 54.8. The topological polar surface area (TPSA) is 566 Å². The molecular formula is C63H90N14O21. The number of unbranched alkanes of at least 4 members (excludes halogenated alkanes) is 6. The first-order valence-electron chi connectivity index (χ1n) is 31.9. The van der Waals surface area contributed by atoms with Crippen LogP contribution >= 0.6 is 0 Å². The molecule has 3 unspecified atom stereocenters. The second-order valence-electron chi connectivity index (χ2n) is 23.7. The smallest absolute Gasteiger partial charge is 0.268 e. The Balaban J connectivity index is 1.62. The van der Waals surface area contributed by atoms with Crippen LogP contribution in [0.5, 0.6) is 5.75 Å². The van der Waals surface area contributed by atoms with Gasteiger partial charge in [-0.05, 0) is 64.7 Å². The molecule has 5 rings (SSSR count). The molecule has 0 spiro atoms. The number of carbonyl (C=O) groups excluding carboxylic acids is 12. The van der Waals surface area contributed by atoms with Gasteiger partial charge in [0.15, 0.2) is 12.4 Å². The number of imidazole rings is 1. The minimum atomic E-state index is -2.25. The average molecular weight is 1380 g/mol. The van der Waals surface area contributed by atoms with E-state index in [1.54, 1.807) is 6.08 Å². The maximum Gasteiger partial charge on any atom is 0.268 e. The lowest BCUT2D eigenvalue weighted by molar-refractivity contribution is -0.283. The molecule has 0 saturated carbocycles. The number of allylic oxidation sites excluding steroid dienone is 5. The number of hydrogen-bond acceptors (Lipinski definition) is 22. The number of hydrogen-bond donors (Lipinski definition) is 20. The molecule has 1 aromatic carbocycles. The van der Waals surface area contributed by atoms with Gasteiger partial charge in [0, 0.05) is 30.5 Å². The number of nitrogens with one attached hydrogen (secondary N) is 11. The van der Waals surface area contributed by atoms with Crippen LogP contribution in [0.1, 0.15) is 110 Å². The van der Waals surface area contributed by atoms with Crippen LogP contribution in [-0.4, -0.2) is 221 Å². The standard InChI is InChI=1S/C63H90N14O21/c1-6-9-10-11-12-13-14-15-16-17-18-43(98-63-53(87)51(85)42(81)28-97-63)52(86)62(96)72-35(8-3)54(88)75-47-30(4)69-57(91)39-25-37-49(68-29-67-37)33-23-32(19-21-40(33)79)24-38(74-61(95)48(31(5)78)76-60(47)94)58(92)71-34(7-2)55(89)77-50(41(80)26-45(65)83)59(93)66-27-46(84)70-36(56(90)73-39)20-22-44(64)82/h7-8,15-19,21,23,29-31,36,38-39,41-43,47-48,50-53,63,78-81,85-87H,6,9-14,20,22,24-28H2,1-5H3,(H2,64,82)(H2,65,83)(H,66,93)(H,67,68)(H,69,91)(H,70,84)(H,71,92)(H,72,96)(H,73,90)(H,74,95)(H,75,88)(H,76,94)(H,77,89)/b16-15+,18-17+,34-7-,35-8+/t30-,31?,36-,38+,39+,41+,42-,43-,47+,48-,50?,51+,52+,53+,63?/m1/s1. The van der Waals surface area contributed by atoms with Crippen molar-refractivity contribution in [2.24, 2.45) is 11.5 Å². The Morgan fingerprint density at radius 3 is 2.16 bits per heavy atom. The van der Waals surface area contributed by atoms with Crippen LogP contribution in [-0.2, 0) is 79.8 Å². The molecule has 4 heterocycles. The fourth-order valence-electron chi connectivity index (χ4n) is 10.4. The number of nitrogens with two attached hydrogens (primary N) is 2. The van der Waals surface area contributed by atoms with Gasteiger partial charge in [0.25, 0.3) is 17.7 Å². The molecule has 0 aliphatic carbocycles. The predicted octanol–water partition coefficient (Wildman–Crippen LogP) is -5.61. The summed E-state index contributed by atoms with van der Waals surface area (Å²) in [6.07, 6.45) is -1.80. The number of aromatic hydroxyl groups is 1. The number of rotatable bonds is 23. The molecule has 2 aromatic rings. The Kier molecular flexibility index (Phi) is 31.1. The number of aliphatic hydroxyl groups excluding tert-OH is 6. The Bertz CT molecular complexity index is 3320. The van der Waals surface area contributed by atoms with Crippen LogP contribution in [0.15, 0.2) is 72.4 Å². The first-order chi connectivity index (χ1) is 46.5. The molecule has 98 heavy (non-hydrogen) atoms. The Morgan fingerprint density at radius 1 is 0.796 bits per heavy atom. The largest absolute Gasteiger partial charge is 0.507 e. The van der Waals surface area contributed by atoms with E-state index in [0.717, 1.165) is 70.9 Å². The highest BCUT2D eigenvalue weighted by Crippen LogP contribution is 2.32. The van der Waals surface area contributed by atoms with E-state index in [-0.39, 0.29) is 22.5 Å². The second-order valence-corrected chi connectivity index (χ2v) is 23.7. The number of phenolic OH excluding ortho intramolecular Hbond substituents is 1. The van der Waals surface area contributed by atoms with Gasteiger partial charge in [-0.2, -0.15) is 0 Å². The lowest BCUT2D eigenvalue weighted by Crippen LogP contribution is -2.64. The summed E-state index contributed by atoms with van der Waals surface area (Å²) in [5, 5.41) is 99.8. The van der Waals surface area contributed by atoms with E-state index in [4.69, 9.17) is 20.9 Å². The summed E-state index contributed by atoms with van der Waals surface area (Å²) in [6, 6.07) is -9.64. The number of phenols is 1. The number of benzene rings is 1. The molecule has 22 N–H and O–H groups in total. The molecule has 3 aliphatic rings. The molecule has 35 nitrogen and oxygen atoms in total. The highest BCUT2D eigenvalue weighted by atomic mass is 16.7. The van der Waals surface area contributed by atoms with E-state index in [1.165, 1.54) is 44.2 Å². The number of amides is 12. The van der Waals surface area contributed by atoms with Crippen molar-refractivity contribution < 1.29 is 103 Å². The molecule has 35 heteroatoms. The van der Waals surface area contributed by atoms with E-state index < -0.39 is 225 Å². The summed E-state index contributed by atoms with van der Waals surface area (Å²) in [5.41, 5.74) is 9.42. The third-order valence-corrected chi connectivity index (χ3v) is 15.9. The van der Waals surface area contributed by atoms with Crippen LogP contribution in [0.2, 0.25) is 0 Å². The minimum absolute atomic E-state index is 0.00450. The van der Waals surface area contributed by atoms with Crippen molar-refractivity contribution >= 4 is 70.9 Å². The number of nitrogens with zero attached hydrogens (tertiary/aromatic N) is 1. The quantitative estimate of drug-likeness (QED) is 0.0280. The summed E-state index contributed by atoms with van der Waals surface area (Å²) in [5.74, 6) is -15.2. The zero-order valence-electron chi connectivity index (χ0n) is 54.8. The van der Waals surface area contributed by atoms with E-state index >= 15 is 0 Å². The monoisotopic (exact) mass is 1380 g/mol. The van der Waals surface area contributed by atoms with Gasteiger partial charge in [-0.25, -0.2) is 4.98 Å². The summed E-state index contributed by atoms with van der Waals surface area (Å²) in [6.45, 7) is 5.28. The molecule has 4 bridgehead atoms. The van der Waals surface area contributed by atoms with Crippen LogP contribution in [0, 0.1) is 0 Å². The maximum absolute atomic E-state index is 15.0. The Morgan fingerprint density at radius 2 is 1.49 bits per heavy atom. The van der Waals surface area contributed by atoms with Crippen molar-refractivity contribution in [3.63, 3.8) is 0 Å². The van der Waals surface area contributed by atoms with Crippen molar-refractivity contribution in [1.29, 1.82) is 0 Å². The van der Waals surface area contributed by atoms with Gasteiger partial charge in [-0.3, -0.25) is 57.5 Å². The van der Waals surface area contributed by atoms with Crippen molar-refractivity contribution in [3.8, 4) is 17.0 Å². The molecule has 15 atom stereocenters. The minimum Gasteiger partial charge on any atom is -0.507 e. The van der Waals surface area contributed by atoms with Crippen molar-refractivity contribution in [3.05, 3.63) is 83.6 Å². The van der Waals surface area contributed by atoms with E-state index in [9.17, 15) is 93.3 Å². The lowest BCUT2D eigenvalue weighted by Gasteiger charge is -2.36. The summed E-state index contributed by atoms with van der Waals surface area (Å²) in [4.78, 5) is 175. The van der Waals surface area contributed by atoms with Crippen molar-refractivity contribution in [2.45, 2.75) is 203 Å². The molecular weight excluding hydrogens is 1290 g/mol. The van der Waals surface area contributed by atoms with Crippen LogP contribution < -0.4 is 64.6 Å². The lowest BCUT2D eigenvalue weighted by atomic mass is 9.97. The van der Waals surface area contributed by atoms with E-state index in [0.29, 0.717) is 6.42 Å². The van der Waals surface area contributed by atoms with E-state index in [2.05, 4.69) is 70.1 Å². The fraction of sp³-hybridized carbons (Fsp3) is 0.540. The Hall–Kier alpha value is -9.49. The number of aliphatic hydroxyl groups is 6. The third kappa shape index (κ3) is 23.4. The summed E-state index contributed by atoms with van der Waals surface area (Å²) in [7, 11) is 0. The number of primary amides is 2. The van der Waals surface area contributed by atoms with Gasteiger partial charge in [0.2, 0.25) is 53.2 Å². The highest BCUT2D eigenvalue weighted by Gasteiger charge is 2.43. The molecule has 1 saturated heterocycles. The second kappa shape index (κ2) is 38.5. The van der Waals surface area contributed by atoms with E-state index in [1.807, 2.05) is 6.08 Å². The van der Waals surface area contributed by atoms with Gasteiger partial charge in [-0.1, -0.05) is 81.6 Å². The number of fused-ring (bicyclic) bond motifs is 2. The molecule has 1 aromatic heterocycles. The number of ether oxygens (including phenoxy) is 2. The highest BCUT2D eigenvalue weighted by molar-refractivity contribution is 6.04. The average Bonchev–Trinajstić information content (AvgIpc) is 1.47. The first-order valence-corrected chi connectivity index (χ1v) is 31.9. The SMILES string of the molecule is C/C=C1\NC(=O)[C@@H]2Cc3ccc(O)c(c3)-c3nc[nH]c3C[C@H](NC(=O)[C@@H](CCC(N)=O)NC(=O)CNC(=O)C([C@@H](O)CC(N)=O)NC1=O)C(=O)N[C@H](C)[C@H](NC(=O)/C(=C\C)NC(=O)[C@@H](O)[C@@H](/C=C/C=C/CCCCCCCC)OC1OC[C@@H](O)[C@H](O)[C@@H]1O)C(=O)N[C@H](C(C)O)C(=O)N2. The maximum atomic E-state index is 15.0. The molecule has 3 aliphatic heterocycles. The van der Waals surface area contributed by atoms with Crippen LogP contribution in [0.3, 0.4) is 0 Å². The fourth-order valence-corrected chi connectivity index (χ4v) is 10.4. The normalized spacial score (nSPS) is 26.2. The third-order valence-electron chi connectivity index (χ3n) is 15.9. The molecule has 12 amide bonds. The number of aromatic nitrogens is 2. The number of aromatic amines is 1. The molecule has 0 radical (unpaired) electrons. The van der Waals surface area contributed by atoms with Gasteiger partial charge >= 0.3 is 0 Å². The van der Waals surface area contributed by atoms with Gasteiger partial charge in [0.05, 0.1) is 49.8 Å². The first kappa shape index (κ1) is 79.2. The van der Waals surface area contributed by atoms with Crippen LogP contribution in [0.4, 0.5) is 0 Å². The van der Waals surface area contributed by atoms with Gasteiger partial charge in [0.1, 0.15) is 77.8 Å². The van der Waals surface area contributed by atoms with Crippen molar-refractivity contribution in [1.82, 2.24) is 63.1 Å². The van der Waals surface area contributed by atoms with Gasteiger partial charge < -0.3 is 115 Å². The predicted molar refractivity (Wildman–Crippen MR) is 344 cm³/mol. The van der Waals surface area contributed by atoms with Gasteiger partial charge in [-0.15, -0.1) is 0 Å². The summed E-state index contributed by atoms with van der Waals surface area (Å²) < 4.78 is 11.2. The Labute approximate surface area is 563 Å². The zero-order chi connectivity index (χ0) is 72.5.